The Bertz CT molecular complexity index is 455. The smallest absolute Gasteiger partial charge is 0.231 e. The normalized spacial score (nSPS) is 21.4. The molecular formula is C13H16FNO2. The molecule has 0 saturated heterocycles. The predicted octanol–water partition coefficient (Wildman–Crippen LogP) is 2.48. The van der Waals surface area contributed by atoms with E-state index in [1.54, 1.807) is 6.07 Å². The molecule has 1 heterocycles. The number of benzene rings is 1. The van der Waals surface area contributed by atoms with E-state index >= 15 is 0 Å². The van der Waals surface area contributed by atoms with Gasteiger partial charge in [-0.1, -0.05) is 0 Å². The number of hydrogen-bond acceptors (Lipinski definition) is 3. The largest absolute Gasteiger partial charge is 0.454 e. The summed E-state index contributed by atoms with van der Waals surface area (Å²) in [5.41, 5.74) is 7.60. The Labute approximate surface area is 99.7 Å². The van der Waals surface area contributed by atoms with Crippen molar-refractivity contribution in [1.29, 1.82) is 0 Å². The highest BCUT2D eigenvalue weighted by molar-refractivity contribution is 5.52. The molecule has 1 aromatic rings. The van der Waals surface area contributed by atoms with Crippen molar-refractivity contribution in [3.05, 3.63) is 23.3 Å². The molecule has 0 bridgehead atoms. The molecule has 1 unspecified atom stereocenters. The zero-order valence-electron chi connectivity index (χ0n) is 9.83. The van der Waals surface area contributed by atoms with E-state index < -0.39 is 6.17 Å². The van der Waals surface area contributed by atoms with E-state index in [1.165, 1.54) is 6.92 Å². The lowest BCUT2D eigenvalue weighted by molar-refractivity contribution is 0.173. The summed E-state index contributed by atoms with van der Waals surface area (Å²) in [6, 6.07) is 3.57. The summed E-state index contributed by atoms with van der Waals surface area (Å²) in [6.07, 6.45) is 1.78. The quantitative estimate of drug-likeness (QED) is 0.878. The molecule has 0 aromatic heterocycles. The first kappa shape index (κ1) is 10.8. The van der Waals surface area contributed by atoms with E-state index in [-0.39, 0.29) is 12.3 Å². The van der Waals surface area contributed by atoms with Gasteiger partial charge in [0.1, 0.15) is 6.17 Å². The van der Waals surface area contributed by atoms with Crippen LogP contribution in [0.15, 0.2) is 12.1 Å². The number of alkyl halides is 1. The second-order valence-electron chi connectivity index (χ2n) is 5.07. The minimum atomic E-state index is -1.00. The Morgan fingerprint density at radius 2 is 2.18 bits per heavy atom. The van der Waals surface area contributed by atoms with Gasteiger partial charge in [-0.3, -0.25) is 0 Å². The van der Waals surface area contributed by atoms with Crippen molar-refractivity contribution in [3.63, 3.8) is 0 Å². The first-order valence-electron chi connectivity index (χ1n) is 5.93. The van der Waals surface area contributed by atoms with Crippen LogP contribution in [-0.4, -0.2) is 12.3 Å². The summed E-state index contributed by atoms with van der Waals surface area (Å²) in [4.78, 5) is 0. The van der Waals surface area contributed by atoms with Gasteiger partial charge in [0.25, 0.3) is 0 Å². The maximum absolute atomic E-state index is 13.4. The standard InChI is InChI=1S/C13H16FNO2/c1-8(14)9-4-10(6-13(15)2-3-13)12-11(5-9)16-7-17-12/h4-5,8H,2-3,6-7,15H2,1H3. The first-order chi connectivity index (χ1) is 8.07. The van der Waals surface area contributed by atoms with Crippen LogP contribution in [0.25, 0.3) is 0 Å². The van der Waals surface area contributed by atoms with Gasteiger partial charge in [-0.25, -0.2) is 4.39 Å². The van der Waals surface area contributed by atoms with Crippen molar-refractivity contribution in [2.75, 3.05) is 6.79 Å². The third-order valence-corrected chi connectivity index (χ3v) is 3.47. The van der Waals surface area contributed by atoms with Gasteiger partial charge >= 0.3 is 0 Å². The highest BCUT2D eigenvalue weighted by Crippen LogP contribution is 2.44. The predicted molar refractivity (Wildman–Crippen MR) is 61.9 cm³/mol. The zero-order chi connectivity index (χ0) is 12.0. The molecule has 1 fully saturated rings. The van der Waals surface area contributed by atoms with Crippen LogP contribution in [0.2, 0.25) is 0 Å². The van der Waals surface area contributed by atoms with Crippen LogP contribution in [0, 0.1) is 0 Å². The number of rotatable bonds is 3. The van der Waals surface area contributed by atoms with Crippen molar-refractivity contribution in [3.8, 4) is 11.5 Å². The monoisotopic (exact) mass is 237 g/mol. The molecule has 92 valence electrons. The molecule has 1 atom stereocenters. The van der Waals surface area contributed by atoms with Crippen LogP contribution in [0.1, 0.15) is 37.1 Å². The summed E-state index contributed by atoms with van der Waals surface area (Å²) in [5.74, 6) is 1.39. The highest BCUT2D eigenvalue weighted by Gasteiger charge is 2.39. The molecule has 1 aromatic carbocycles. The van der Waals surface area contributed by atoms with Gasteiger partial charge in [0.15, 0.2) is 11.5 Å². The van der Waals surface area contributed by atoms with E-state index in [4.69, 9.17) is 15.2 Å². The van der Waals surface area contributed by atoms with Crippen LogP contribution in [0.3, 0.4) is 0 Å². The Kier molecular flexibility index (Phi) is 2.30. The summed E-state index contributed by atoms with van der Waals surface area (Å²) >= 11 is 0. The maximum Gasteiger partial charge on any atom is 0.231 e. The molecule has 3 nitrogen and oxygen atoms in total. The van der Waals surface area contributed by atoms with Crippen molar-refractivity contribution in [2.45, 2.75) is 37.9 Å². The SMILES string of the molecule is CC(F)c1cc(CC2(N)CC2)c2c(c1)OCO2. The molecule has 3 rings (SSSR count). The summed E-state index contributed by atoms with van der Waals surface area (Å²) < 4.78 is 24.2. The molecule has 17 heavy (non-hydrogen) atoms. The molecule has 0 radical (unpaired) electrons. The van der Waals surface area contributed by atoms with Crippen LogP contribution in [0.5, 0.6) is 11.5 Å². The van der Waals surface area contributed by atoms with Gasteiger partial charge in [-0.05, 0) is 43.9 Å². The Balaban J connectivity index is 1.99. The Morgan fingerprint density at radius 1 is 1.41 bits per heavy atom. The Hall–Kier alpha value is -1.29. The van der Waals surface area contributed by atoms with E-state index in [2.05, 4.69) is 0 Å². The second kappa shape index (κ2) is 3.60. The van der Waals surface area contributed by atoms with Crippen molar-refractivity contribution in [1.82, 2.24) is 0 Å². The molecule has 4 heteroatoms. The number of halogens is 1. The fourth-order valence-electron chi connectivity index (χ4n) is 2.18. The van der Waals surface area contributed by atoms with Crippen LogP contribution >= 0.6 is 0 Å². The molecule has 2 N–H and O–H groups in total. The third-order valence-electron chi connectivity index (χ3n) is 3.47. The fraction of sp³-hybridized carbons (Fsp3) is 0.538. The van der Waals surface area contributed by atoms with Gasteiger partial charge in [0.05, 0.1) is 0 Å². The molecule has 1 aliphatic heterocycles. The Morgan fingerprint density at radius 3 is 2.82 bits per heavy atom. The van der Waals surface area contributed by atoms with Crippen molar-refractivity contribution < 1.29 is 13.9 Å². The van der Waals surface area contributed by atoms with Gasteiger partial charge in [0, 0.05) is 11.1 Å². The van der Waals surface area contributed by atoms with Gasteiger partial charge in [-0.15, -0.1) is 0 Å². The van der Waals surface area contributed by atoms with Gasteiger partial charge in [-0.2, -0.15) is 0 Å². The average molecular weight is 237 g/mol. The second-order valence-corrected chi connectivity index (χ2v) is 5.07. The molecular weight excluding hydrogens is 221 g/mol. The summed E-state index contributed by atoms with van der Waals surface area (Å²) in [6.45, 7) is 1.74. The average Bonchev–Trinajstić information content (AvgIpc) is 2.81. The lowest BCUT2D eigenvalue weighted by atomic mass is 9.99. The van der Waals surface area contributed by atoms with E-state index in [1.807, 2.05) is 6.07 Å². The van der Waals surface area contributed by atoms with Crippen LogP contribution < -0.4 is 15.2 Å². The van der Waals surface area contributed by atoms with Crippen molar-refractivity contribution >= 4 is 0 Å². The molecule has 0 amide bonds. The minimum absolute atomic E-state index is 0.113. The molecule has 0 spiro atoms. The topological polar surface area (TPSA) is 44.5 Å². The van der Waals surface area contributed by atoms with Crippen LogP contribution in [-0.2, 0) is 6.42 Å². The number of hydrogen-bond donors (Lipinski definition) is 1. The summed E-state index contributed by atoms with van der Waals surface area (Å²) in [7, 11) is 0. The number of nitrogens with two attached hydrogens (primary N) is 1. The van der Waals surface area contributed by atoms with E-state index in [0.29, 0.717) is 11.3 Å². The maximum atomic E-state index is 13.4. The summed E-state index contributed by atoms with van der Waals surface area (Å²) in [5, 5.41) is 0. The molecule has 1 saturated carbocycles. The first-order valence-corrected chi connectivity index (χ1v) is 5.93. The van der Waals surface area contributed by atoms with Gasteiger partial charge in [0.2, 0.25) is 6.79 Å². The van der Waals surface area contributed by atoms with Gasteiger partial charge < -0.3 is 15.2 Å². The molecule has 1 aliphatic carbocycles. The highest BCUT2D eigenvalue weighted by atomic mass is 19.1. The van der Waals surface area contributed by atoms with E-state index in [9.17, 15) is 4.39 Å². The third kappa shape index (κ3) is 1.97. The zero-order valence-corrected chi connectivity index (χ0v) is 9.83. The van der Waals surface area contributed by atoms with Crippen molar-refractivity contribution in [2.24, 2.45) is 5.73 Å². The number of fused-ring (bicyclic) bond motifs is 1. The van der Waals surface area contributed by atoms with Crippen LogP contribution in [0.4, 0.5) is 4.39 Å². The minimum Gasteiger partial charge on any atom is -0.454 e. The van der Waals surface area contributed by atoms with E-state index in [0.717, 1.165) is 30.6 Å². The lowest BCUT2D eigenvalue weighted by Crippen LogP contribution is -2.24. The molecule has 2 aliphatic rings. The fourth-order valence-corrected chi connectivity index (χ4v) is 2.18. The lowest BCUT2D eigenvalue weighted by Gasteiger charge is -2.13. The number of ether oxygens (including phenoxy) is 2.